The summed E-state index contributed by atoms with van der Waals surface area (Å²) in [5.74, 6) is 0.850. The SMILES string of the molecule is CCCNCC1CCN(C(C)c2ccsc2)C1. The molecule has 3 heteroatoms. The largest absolute Gasteiger partial charge is 0.316 e. The minimum atomic E-state index is 0.595. The van der Waals surface area contributed by atoms with Gasteiger partial charge in [0.2, 0.25) is 0 Å². The van der Waals surface area contributed by atoms with Gasteiger partial charge in [0.15, 0.2) is 0 Å². The predicted molar refractivity (Wildman–Crippen MR) is 75.6 cm³/mol. The predicted octanol–water partition coefficient (Wildman–Crippen LogP) is 3.13. The van der Waals surface area contributed by atoms with Gasteiger partial charge < -0.3 is 5.32 Å². The van der Waals surface area contributed by atoms with Crippen LogP contribution in [0.2, 0.25) is 0 Å². The van der Waals surface area contributed by atoms with Crippen molar-refractivity contribution in [2.45, 2.75) is 32.7 Å². The molecule has 0 aromatic carbocycles. The molecule has 0 radical (unpaired) electrons. The first kappa shape index (κ1) is 13.1. The molecule has 0 spiro atoms. The number of rotatable bonds is 6. The summed E-state index contributed by atoms with van der Waals surface area (Å²) < 4.78 is 0. The van der Waals surface area contributed by atoms with Gasteiger partial charge in [-0.2, -0.15) is 11.3 Å². The Morgan fingerprint density at radius 3 is 3.18 bits per heavy atom. The number of hydrogen-bond donors (Lipinski definition) is 1. The number of likely N-dealkylation sites (tertiary alicyclic amines) is 1. The van der Waals surface area contributed by atoms with Gasteiger partial charge in [0.05, 0.1) is 0 Å². The highest BCUT2D eigenvalue weighted by atomic mass is 32.1. The summed E-state index contributed by atoms with van der Waals surface area (Å²) in [7, 11) is 0. The van der Waals surface area contributed by atoms with E-state index in [0.717, 1.165) is 12.5 Å². The summed E-state index contributed by atoms with van der Waals surface area (Å²) >= 11 is 1.81. The first-order valence-corrected chi connectivity index (χ1v) is 7.72. The number of nitrogens with one attached hydrogen (secondary N) is 1. The topological polar surface area (TPSA) is 15.3 Å². The van der Waals surface area contributed by atoms with Crippen LogP contribution in [-0.2, 0) is 0 Å². The van der Waals surface area contributed by atoms with Crippen LogP contribution >= 0.6 is 11.3 Å². The fourth-order valence-electron chi connectivity index (χ4n) is 2.59. The molecule has 1 aromatic rings. The highest BCUT2D eigenvalue weighted by Crippen LogP contribution is 2.28. The van der Waals surface area contributed by atoms with E-state index in [4.69, 9.17) is 0 Å². The molecule has 2 nitrogen and oxygen atoms in total. The van der Waals surface area contributed by atoms with Crippen LogP contribution in [0.15, 0.2) is 16.8 Å². The maximum Gasteiger partial charge on any atom is 0.0328 e. The zero-order valence-corrected chi connectivity index (χ0v) is 11.8. The minimum absolute atomic E-state index is 0.595. The third kappa shape index (κ3) is 3.54. The van der Waals surface area contributed by atoms with Gasteiger partial charge in [-0.25, -0.2) is 0 Å². The summed E-state index contributed by atoms with van der Waals surface area (Å²) in [5.41, 5.74) is 1.48. The molecule has 2 heterocycles. The second-order valence-electron chi connectivity index (χ2n) is 5.09. The van der Waals surface area contributed by atoms with Crippen molar-refractivity contribution >= 4 is 11.3 Å². The van der Waals surface area contributed by atoms with E-state index < -0.39 is 0 Å². The maximum atomic E-state index is 3.55. The molecule has 2 unspecified atom stereocenters. The maximum absolute atomic E-state index is 3.55. The van der Waals surface area contributed by atoms with Gasteiger partial charge >= 0.3 is 0 Å². The number of hydrogen-bond acceptors (Lipinski definition) is 3. The molecule has 0 bridgehead atoms. The number of thiophene rings is 1. The van der Waals surface area contributed by atoms with Gasteiger partial charge in [0, 0.05) is 12.6 Å². The lowest BCUT2D eigenvalue weighted by atomic mass is 10.1. The van der Waals surface area contributed by atoms with E-state index in [1.54, 1.807) is 11.3 Å². The van der Waals surface area contributed by atoms with Crippen LogP contribution in [0.1, 0.15) is 38.3 Å². The van der Waals surface area contributed by atoms with E-state index in [9.17, 15) is 0 Å². The summed E-state index contributed by atoms with van der Waals surface area (Å²) in [4.78, 5) is 2.63. The van der Waals surface area contributed by atoms with E-state index in [2.05, 4.69) is 40.9 Å². The van der Waals surface area contributed by atoms with E-state index in [1.807, 2.05) is 0 Å². The standard InChI is InChI=1S/C14H24N2S/c1-3-6-15-9-13-4-7-16(10-13)12(2)14-5-8-17-11-14/h5,8,11-13,15H,3-4,6-7,9-10H2,1-2H3. The molecular formula is C14H24N2S. The average molecular weight is 252 g/mol. The van der Waals surface area contributed by atoms with Crippen molar-refractivity contribution < 1.29 is 0 Å². The van der Waals surface area contributed by atoms with Crippen LogP contribution in [0.25, 0.3) is 0 Å². The first-order valence-electron chi connectivity index (χ1n) is 6.78. The Kier molecular flexibility index (Phi) is 5.01. The van der Waals surface area contributed by atoms with Gasteiger partial charge in [0.25, 0.3) is 0 Å². The molecule has 2 rings (SSSR count). The molecule has 0 amide bonds. The van der Waals surface area contributed by atoms with Crippen molar-refractivity contribution in [1.29, 1.82) is 0 Å². The zero-order chi connectivity index (χ0) is 12.1. The van der Waals surface area contributed by atoms with Gasteiger partial charge in [-0.05, 0) is 67.7 Å². The van der Waals surface area contributed by atoms with Crippen LogP contribution < -0.4 is 5.32 Å². The third-order valence-electron chi connectivity index (χ3n) is 3.75. The Labute approximate surface area is 109 Å². The highest BCUT2D eigenvalue weighted by Gasteiger charge is 2.26. The normalized spacial score (nSPS) is 23.1. The van der Waals surface area contributed by atoms with Crippen molar-refractivity contribution in [3.05, 3.63) is 22.4 Å². The van der Waals surface area contributed by atoms with Crippen molar-refractivity contribution in [3.8, 4) is 0 Å². The fraction of sp³-hybridized carbons (Fsp3) is 0.714. The second kappa shape index (κ2) is 6.53. The van der Waals surface area contributed by atoms with Crippen LogP contribution in [0, 0.1) is 5.92 Å². The van der Waals surface area contributed by atoms with Crippen molar-refractivity contribution in [1.82, 2.24) is 10.2 Å². The van der Waals surface area contributed by atoms with Gasteiger partial charge in [-0.1, -0.05) is 6.92 Å². The van der Waals surface area contributed by atoms with E-state index in [1.165, 1.54) is 38.0 Å². The van der Waals surface area contributed by atoms with Gasteiger partial charge in [-0.3, -0.25) is 4.90 Å². The van der Waals surface area contributed by atoms with Crippen molar-refractivity contribution in [3.63, 3.8) is 0 Å². The minimum Gasteiger partial charge on any atom is -0.316 e. The Hall–Kier alpha value is -0.380. The lowest BCUT2D eigenvalue weighted by Gasteiger charge is -2.23. The molecule has 1 aliphatic heterocycles. The molecule has 96 valence electrons. The van der Waals surface area contributed by atoms with E-state index in [0.29, 0.717) is 6.04 Å². The van der Waals surface area contributed by atoms with Crippen molar-refractivity contribution in [2.24, 2.45) is 5.92 Å². The smallest absolute Gasteiger partial charge is 0.0328 e. The zero-order valence-electron chi connectivity index (χ0n) is 11.0. The molecule has 1 aliphatic rings. The lowest BCUT2D eigenvalue weighted by molar-refractivity contribution is 0.252. The van der Waals surface area contributed by atoms with Crippen molar-refractivity contribution in [2.75, 3.05) is 26.2 Å². The summed E-state index contributed by atoms with van der Waals surface area (Å²) in [6.45, 7) is 9.44. The molecule has 17 heavy (non-hydrogen) atoms. The van der Waals surface area contributed by atoms with Gasteiger partial charge in [0.1, 0.15) is 0 Å². The molecule has 1 fully saturated rings. The Morgan fingerprint density at radius 1 is 1.59 bits per heavy atom. The molecule has 1 saturated heterocycles. The Balaban J connectivity index is 1.77. The quantitative estimate of drug-likeness (QED) is 0.783. The summed E-state index contributed by atoms with van der Waals surface area (Å²) in [6, 6.07) is 2.86. The lowest BCUT2D eigenvalue weighted by Crippen LogP contribution is -2.28. The molecule has 0 aliphatic carbocycles. The average Bonchev–Trinajstić information content (AvgIpc) is 3.00. The third-order valence-corrected chi connectivity index (χ3v) is 4.45. The Bertz CT molecular complexity index is 310. The molecule has 1 aromatic heterocycles. The fourth-order valence-corrected chi connectivity index (χ4v) is 3.33. The molecule has 0 saturated carbocycles. The summed E-state index contributed by atoms with van der Waals surface area (Å²) in [6.07, 6.45) is 2.59. The summed E-state index contributed by atoms with van der Waals surface area (Å²) in [5, 5.41) is 8.01. The van der Waals surface area contributed by atoms with Crippen LogP contribution in [0.5, 0.6) is 0 Å². The molecule has 1 N–H and O–H groups in total. The van der Waals surface area contributed by atoms with Crippen LogP contribution in [0.4, 0.5) is 0 Å². The highest BCUT2D eigenvalue weighted by molar-refractivity contribution is 7.07. The molecule has 2 atom stereocenters. The number of nitrogens with zero attached hydrogens (tertiary/aromatic N) is 1. The Morgan fingerprint density at radius 2 is 2.47 bits per heavy atom. The monoisotopic (exact) mass is 252 g/mol. The first-order chi connectivity index (χ1) is 8.31. The van der Waals surface area contributed by atoms with Crippen LogP contribution in [-0.4, -0.2) is 31.1 Å². The molecular weight excluding hydrogens is 228 g/mol. The van der Waals surface area contributed by atoms with E-state index in [-0.39, 0.29) is 0 Å². The van der Waals surface area contributed by atoms with Crippen LogP contribution in [0.3, 0.4) is 0 Å². The van der Waals surface area contributed by atoms with Gasteiger partial charge in [-0.15, -0.1) is 0 Å². The second-order valence-corrected chi connectivity index (χ2v) is 5.87. The van der Waals surface area contributed by atoms with E-state index >= 15 is 0 Å².